The van der Waals surface area contributed by atoms with Crippen LogP contribution in [0.5, 0.6) is 0 Å². The number of carbonyl (C=O) groups excluding carboxylic acids is 2. The van der Waals surface area contributed by atoms with Gasteiger partial charge in [-0.3, -0.25) is 4.79 Å². The Morgan fingerprint density at radius 3 is 2.70 bits per heavy atom. The number of Topliss-reactive ketones (excluding diaryl/α,β-unsaturated/α-hetero) is 1. The molecule has 0 aliphatic carbocycles. The number of ether oxygens (including phenoxy) is 1. The molecule has 0 heterocycles. The standard InChI is InChI=1S/C18H15NO3S/c1-13(20)12-23-17-8-3-2-7-16(17)18(21)22-11-15-6-4-5-14(9-15)10-19/h2-9H,11-12H2,1H3. The SMILES string of the molecule is CC(=O)CSc1ccccc1C(=O)OCc1cccc(C#N)c1. The van der Waals surface area contributed by atoms with E-state index < -0.39 is 5.97 Å². The Morgan fingerprint density at radius 1 is 1.17 bits per heavy atom. The fraction of sp³-hybridized carbons (Fsp3) is 0.167. The molecule has 0 saturated heterocycles. The Bertz CT molecular complexity index is 765. The Kier molecular flexibility index (Phi) is 5.95. The number of thioether (sulfide) groups is 1. The van der Waals surface area contributed by atoms with Gasteiger partial charge in [0.05, 0.1) is 22.9 Å². The van der Waals surface area contributed by atoms with Gasteiger partial charge >= 0.3 is 5.97 Å². The van der Waals surface area contributed by atoms with Crippen LogP contribution in [0.2, 0.25) is 0 Å². The first-order valence-electron chi connectivity index (χ1n) is 6.97. The monoisotopic (exact) mass is 325 g/mol. The predicted octanol–water partition coefficient (Wildman–Crippen LogP) is 3.60. The molecule has 2 rings (SSSR count). The molecule has 0 N–H and O–H groups in total. The third-order valence-corrected chi connectivity index (χ3v) is 4.18. The molecule has 0 radical (unpaired) electrons. The van der Waals surface area contributed by atoms with E-state index in [4.69, 9.17) is 10.00 Å². The van der Waals surface area contributed by atoms with Crippen molar-refractivity contribution in [1.82, 2.24) is 0 Å². The molecule has 116 valence electrons. The molecule has 0 aliphatic rings. The molecule has 0 aromatic heterocycles. The lowest BCUT2D eigenvalue weighted by Crippen LogP contribution is -2.07. The lowest BCUT2D eigenvalue weighted by molar-refractivity contribution is -0.114. The van der Waals surface area contributed by atoms with Crippen LogP contribution in [0.1, 0.15) is 28.4 Å². The molecule has 0 unspecified atom stereocenters. The minimum absolute atomic E-state index is 0.0477. The number of benzene rings is 2. The number of esters is 1. The summed E-state index contributed by atoms with van der Waals surface area (Å²) in [4.78, 5) is 24.1. The first-order valence-corrected chi connectivity index (χ1v) is 7.96. The summed E-state index contributed by atoms with van der Waals surface area (Å²) in [7, 11) is 0. The van der Waals surface area contributed by atoms with Crippen molar-refractivity contribution in [3.63, 3.8) is 0 Å². The quantitative estimate of drug-likeness (QED) is 0.599. The van der Waals surface area contributed by atoms with E-state index in [1.165, 1.54) is 18.7 Å². The van der Waals surface area contributed by atoms with Crippen molar-refractivity contribution >= 4 is 23.5 Å². The fourth-order valence-electron chi connectivity index (χ4n) is 1.90. The first-order chi connectivity index (χ1) is 11.1. The van der Waals surface area contributed by atoms with Crippen LogP contribution in [0.25, 0.3) is 0 Å². The highest BCUT2D eigenvalue weighted by Gasteiger charge is 2.13. The summed E-state index contributed by atoms with van der Waals surface area (Å²) in [6.07, 6.45) is 0. The largest absolute Gasteiger partial charge is 0.457 e. The Morgan fingerprint density at radius 2 is 1.96 bits per heavy atom. The first kappa shape index (κ1) is 16.8. The average molecular weight is 325 g/mol. The summed E-state index contributed by atoms with van der Waals surface area (Å²) in [5.41, 5.74) is 1.72. The molecule has 4 nitrogen and oxygen atoms in total. The van der Waals surface area contributed by atoms with Crippen LogP contribution in [-0.2, 0) is 16.1 Å². The van der Waals surface area contributed by atoms with Crippen molar-refractivity contribution in [3.8, 4) is 6.07 Å². The third kappa shape index (κ3) is 4.97. The number of rotatable bonds is 6. The zero-order valence-corrected chi connectivity index (χ0v) is 13.4. The van der Waals surface area contributed by atoms with Gasteiger partial charge in [0.2, 0.25) is 0 Å². The molecule has 0 spiro atoms. The zero-order valence-electron chi connectivity index (χ0n) is 12.6. The molecule has 0 atom stereocenters. The van der Waals surface area contributed by atoms with Crippen LogP contribution in [0.15, 0.2) is 53.4 Å². The predicted molar refractivity (Wildman–Crippen MR) is 88.1 cm³/mol. The van der Waals surface area contributed by atoms with Gasteiger partial charge in [0.25, 0.3) is 0 Å². The van der Waals surface area contributed by atoms with Crippen LogP contribution in [-0.4, -0.2) is 17.5 Å². The van der Waals surface area contributed by atoms with Crippen LogP contribution in [0.4, 0.5) is 0 Å². The van der Waals surface area contributed by atoms with E-state index in [-0.39, 0.29) is 12.4 Å². The summed E-state index contributed by atoms with van der Waals surface area (Å²) >= 11 is 1.32. The molecule has 0 saturated carbocycles. The number of carbonyl (C=O) groups is 2. The summed E-state index contributed by atoms with van der Waals surface area (Å²) < 4.78 is 5.31. The summed E-state index contributed by atoms with van der Waals surface area (Å²) in [5, 5.41) is 8.87. The van der Waals surface area contributed by atoms with E-state index in [1.54, 1.807) is 42.5 Å². The van der Waals surface area contributed by atoms with Crippen molar-refractivity contribution < 1.29 is 14.3 Å². The normalized spacial score (nSPS) is 9.91. The van der Waals surface area contributed by atoms with E-state index in [1.807, 2.05) is 12.1 Å². The Balaban J connectivity index is 2.06. The molecule has 5 heteroatoms. The van der Waals surface area contributed by atoms with Crippen LogP contribution >= 0.6 is 11.8 Å². The summed E-state index contributed by atoms with van der Waals surface area (Å²) in [5.74, 6) is -0.0837. The van der Waals surface area contributed by atoms with Gasteiger partial charge in [-0.05, 0) is 36.8 Å². The molecule has 0 fully saturated rings. The number of nitrogens with zero attached hydrogens (tertiary/aromatic N) is 1. The van der Waals surface area contributed by atoms with E-state index in [2.05, 4.69) is 0 Å². The van der Waals surface area contributed by atoms with Gasteiger partial charge in [-0.1, -0.05) is 24.3 Å². The van der Waals surface area contributed by atoms with Gasteiger partial charge in [0.15, 0.2) is 0 Å². The van der Waals surface area contributed by atoms with E-state index >= 15 is 0 Å². The van der Waals surface area contributed by atoms with Crippen LogP contribution in [0.3, 0.4) is 0 Å². The highest BCUT2D eigenvalue weighted by molar-refractivity contribution is 8.00. The topological polar surface area (TPSA) is 67.2 Å². The number of nitriles is 1. The molecule has 0 bridgehead atoms. The highest BCUT2D eigenvalue weighted by Crippen LogP contribution is 2.23. The molecule has 0 amide bonds. The second-order valence-electron chi connectivity index (χ2n) is 4.88. The third-order valence-electron chi connectivity index (χ3n) is 2.96. The van der Waals surface area contributed by atoms with E-state index in [9.17, 15) is 9.59 Å². The maximum atomic E-state index is 12.3. The van der Waals surface area contributed by atoms with Crippen LogP contribution < -0.4 is 0 Å². The molecule has 0 aliphatic heterocycles. The highest BCUT2D eigenvalue weighted by atomic mass is 32.2. The van der Waals surface area contributed by atoms with Gasteiger partial charge in [-0.15, -0.1) is 11.8 Å². The minimum atomic E-state index is -0.445. The van der Waals surface area contributed by atoms with Gasteiger partial charge in [-0.25, -0.2) is 4.79 Å². The smallest absolute Gasteiger partial charge is 0.339 e. The molecular formula is C18H15NO3S. The maximum absolute atomic E-state index is 12.3. The van der Waals surface area contributed by atoms with E-state index in [0.29, 0.717) is 16.9 Å². The van der Waals surface area contributed by atoms with Gasteiger partial charge in [-0.2, -0.15) is 5.26 Å². The second kappa shape index (κ2) is 8.16. The van der Waals surface area contributed by atoms with Crippen molar-refractivity contribution in [3.05, 3.63) is 65.2 Å². The van der Waals surface area contributed by atoms with Crippen LogP contribution in [0, 0.1) is 11.3 Å². The average Bonchev–Trinajstić information content (AvgIpc) is 2.58. The number of hydrogen-bond donors (Lipinski definition) is 0. The molecular weight excluding hydrogens is 310 g/mol. The maximum Gasteiger partial charge on any atom is 0.339 e. The second-order valence-corrected chi connectivity index (χ2v) is 5.89. The van der Waals surface area contributed by atoms with Crippen molar-refractivity contribution in [1.29, 1.82) is 5.26 Å². The molecule has 23 heavy (non-hydrogen) atoms. The summed E-state index contributed by atoms with van der Waals surface area (Å²) in [6.45, 7) is 1.61. The van der Waals surface area contributed by atoms with Crippen molar-refractivity contribution in [2.75, 3.05) is 5.75 Å². The van der Waals surface area contributed by atoms with E-state index in [0.717, 1.165) is 10.5 Å². The fourth-order valence-corrected chi connectivity index (χ4v) is 2.74. The summed E-state index contributed by atoms with van der Waals surface area (Å²) in [6, 6.07) is 16.0. The van der Waals surface area contributed by atoms with Crippen molar-refractivity contribution in [2.24, 2.45) is 0 Å². The Hall–Kier alpha value is -2.58. The lowest BCUT2D eigenvalue weighted by atomic mass is 10.1. The molecule has 2 aromatic carbocycles. The number of ketones is 1. The van der Waals surface area contributed by atoms with Gasteiger partial charge in [0.1, 0.15) is 12.4 Å². The van der Waals surface area contributed by atoms with Gasteiger partial charge in [0, 0.05) is 4.90 Å². The minimum Gasteiger partial charge on any atom is -0.457 e. The number of hydrogen-bond acceptors (Lipinski definition) is 5. The van der Waals surface area contributed by atoms with Crippen molar-refractivity contribution in [2.45, 2.75) is 18.4 Å². The lowest BCUT2D eigenvalue weighted by Gasteiger charge is -2.09. The molecule has 2 aromatic rings. The van der Waals surface area contributed by atoms with Gasteiger partial charge < -0.3 is 4.74 Å². The zero-order chi connectivity index (χ0) is 16.7. The Labute approximate surface area is 139 Å².